The van der Waals surface area contributed by atoms with Crippen molar-refractivity contribution in [3.63, 3.8) is 0 Å². The van der Waals surface area contributed by atoms with Crippen LogP contribution in [0.15, 0.2) is 91.0 Å². The molecule has 2 atom stereocenters. The highest BCUT2D eigenvalue weighted by atomic mass is 32.1. The smallest absolute Gasteiger partial charge is 0.355 e. The van der Waals surface area contributed by atoms with Gasteiger partial charge in [0, 0.05) is 60.5 Å². The van der Waals surface area contributed by atoms with E-state index in [1.165, 1.54) is 16.2 Å². The number of nitrogens with zero attached hydrogens (tertiary/aromatic N) is 4. The number of carbonyl (C=O) groups excluding carboxylic acids is 4. The van der Waals surface area contributed by atoms with E-state index in [-0.39, 0.29) is 62.1 Å². The molecule has 0 spiro atoms. The van der Waals surface area contributed by atoms with Gasteiger partial charge >= 0.3 is 5.97 Å². The van der Waals surface area contributed by atoms with Gasteiger partial charge in [0.15, 0.2) is 10.8 Å². The van der Waals surface area contributed by atoms with Crippen LogP contribution < -0.4 is 30.9 Å². The number of carboxylic acids is 1. The number of carbonyl (C=O) groups is 5. The maximum atomic E-state index is 15.6. The van der Waals surface area contributed by atoms with Crippen molar-refractivity contribution in [1.82, 2.24) is 20.2 Å². The maximum Gasteiger partial charge on any atom is 0.355 e. The number of thiazole rings is 1. The number of amides is 4. The average molecular weight is 998 g/mol. The van der Waals surface area contributed by atoms with Gasteiger partial charge in [-0.25, -0.2) is 23.5 Å². The zero-order valence-electron chi connectivity index (χ0n) is 39.6. The number of hydrogen-bond donors (Lipinski definition) is 6. The number of anilines is 4. The summed E-state index contributed by atoms with van der Waals surface area (Å²) in [5.41, 5.74) is 6.07. The highest BCUT2D eigenvalue weighted by Crippen LogP contribution is 2.38. The molecule has 3 aliphatic rings. The Bertz CT molecular complexity index is 3090. The molecule has 16 nitrogen and oxygen atoms in total. The van der Waals surface area contributed by atoms with Gasteiger partial charge in [-0.15, -0.1) is 0 Å². The van der Waals surface area contributed by atoms with Crippen LogP contribution in [0.1, 0.15) is 75.2 Å². The fourth-order valence-electron chi connectivity index (χ4n) is 9.83. The van der Waals surface area contributed by atoms with Crippen molar-refractivity contribution >= 4 is 79.2 Å². The summed E-state index contributed by atoms with van der Waals surface area (Å²) < 4.78 is 38.3. The first-order valence-electron chi connectivity index (χ1n) is 23.8. The Balaban J connectivity index is 0.778. The number of piperidine rings is 2. The monoisotopic (exact) mass is 997 g/mol. The van der Waals surface area contributed by atoms with E-state index in [0.29, 0.717) is 88.4 Å². The van der Waals surface area contributed by atoms with Crippen LogP contribution in [0, 0.1) is 24.2 Å². The molecular weight excluding hydrogens is 945 g/mol. The molecule has 2 aromatic heterocycles. The third kappa shape index (κ3) is 10.7. The summed E-state index contributed by atoms with van der Waals surface area (Å²) in [7, 11) is 1.64. The summed E-state index contributed by atoms with van der Waals surface area (Å²) in [4.78, 5) is 76.0. The number of pyridine rings is 1. The number of likely N-dealkylation sites (tertiary alicyclic amines) is 1. The van der Waals surface area contributed by atoms with Gasteiger partial charge in [-0.2, -0.15) is 0 Å². The minimum atomic E-state index is -3.05. The third-order valence-corrected chi connectivity index (χ3v) is 14.6. The minimum absolute atomic E-state index is 0.0405. The Morgan fingerprint density at radius 2 is 1.75 bits per heavy atom. The molecule has 6 aromatic rings. The highest BCUT2D eigenvalue weighted by Gasteiger charge is 2.44. The van der Waals surface area contributed by atoms with E-state index in [2.05, 4.69) is 31.2 Å². The number of benzene rings is 4. The standard InChI is InChI=1S/C53H53F2N9O7S/c1-30-34(35-17-19-44(60-48(35)51(69)70)64-24-21-31-8-5-11-36(39(31)27-64)49(67)62-52-59-40-12-3-4-14-43(40)72-52)10-6-13-42(30)71-25-7-9-32-22-23-63(29-53(32,54)55)28-46(66)58-33-15-16-37(41(26-33)57-2)47(56)38-18-20-45(65)61-50(38)68/h3-6,8,10-17,19,26,32,38,56-57H,7,9,18,20-25,27-29H2,1-2H3,(H,58,66)(H,69,70)(H,59,62,67)(H,61,65,68). The third-order valence-electron chi connectivity index (χ3n) is 13.6. The summed E-state index contributed by atoms with van der Waals surface area (Å²) in [6.45, 7) is 2.36. The SMILES string of the molecule is CNc1cc(NC(=O)CN2CCC(CCCOc3cccc(-c4ccc(N5CCc6cccc(C(=O)Nc7nc8ccccc8s7)c6C5)nc4C(=O)O)c3C)C(F)(F)C2)ccc1C(=N)C1CCC(=O)NC1=O. The molecule has 2 saturated heterocycles. The van der Waals surface area contributed by atoms with Crippen molar-refractivity contribution in [1.29, 1.82) is 5.41 Å². The number of aromatic nitrogens is 2. The number of nitrogens with one attached hydrogen (secondary N) is 5. The van der Waals surface area contributed by atoms with Crippen LogP contribution >= 0.6 is 11.3 Å². The topological polar surface area (TPSA) is 219 Å². The number of fused-ring (bicyclic) bond motifs is 2. The van der Waals surface area contributed by atoms with Crippen LogP contribution in [0.2, 0.25) is 0 Å². The minimum Gasteiger partial charge on any atom is -0.493 e. The predicted molar refractivity (Wildman–Crippen MR) is 272 cm³/mol. The summed E-state index contributed by atoms with van der Waals surface area (Å²) in [6.07, 6.45) is 1.71. The molecule has 5 heterocycles. The van der Waals surface area contributed by atoms with Crippen LogP contribution in [0.25, 0.3) is 21.3 Å². The molecule has 4 amide bonds. The van der Waals surface area contributed by atoms with Gasteiger partial charge in [-0.1, -0.05) is 47.7 Å². The molecule has 372 valence electrons. The van der Waals surface area contributed by atoms with Crippen LogP contribution in [-0.2, 0) is 27.3 Å². The van der Waals surface area contributed by atoms with Crippen molar-refractivity contribution in [2.24, 2.45) is 11.8 Å². The second kappa shape index (κ2) is 21.0. The maximum absolute atomic E-state index is 15.6. The van der Waals surface area contributed by atoms with E-state index in [1.807, 2.05) is 48.2 Å². The number of alkyl halides is 2. The first-order chi connectivity index (χ1) is 34.6. The molecule has 6 N–H and O–H groups in total. The number of carboxylic acid groups (broad SMARTS) is 1. The molecule has 0 aliphatic carbocycles. The lowest BCUT2D eigenvalue weighted by Crippen LogP contribution is -2.50. The van der Waals surface area contributed by atoms with Crippen molar-refractivity contribution in [3.05, 3.63) is 125 Å². The quantitative estimate of drug-likeness (QED) is 0.0306. The Hall–Kier alpha value is -7.64. The lowest BCUT2D eigenvalue weighted by Gasteiger charge is -2.38. The highest BCUT2D eigenvalue weighted by molar-refractivity contribution is 7.22. The lowest BCUT2D eigenvalue weighted by atomic mass is 9.88. The van der Waals surface area contributed by atoms with Gasteiger partial charge in [0.1, 0.15) is 11.6 Å². The molecule has 72 heavy (non-hydrogen) atoms. The molecular formula is C53H53F2N9O7S. The van der Waals surface area contributed by atoms with Crippen LogP contribution in [0.3, 0.4) is 0 Å². The second-order valence-corrected chi connectivity index (χ2v) is 19.3. The second-order valence-electron chi connectivity index (χ2n) is 18.3. The molecule has 19 heteroatoms. The summed E-state index contributed by atoms with van der Waals surface area (Å²) in [5.74, 6) is -6.67. The number of halogens is 2. The van der Waals surface area contributed by atoms with Crippen molar-refractivity contribution in [3.8, 4) is 16.9 Å². The zero-order chi connectivity index (χ0) is 50.7. The van der Waals surface area contributed by atoms with E-state index in [9.17, 15) is 29.1 Å². The van der Waals surface area contributed by atoms with E-state index < -0.39 is 42.1 Å². The first kappa shape index (κ1) is 49.3. The van der Waals surface area contributed by atoms with Crippen molar-refractivity contribution in [2.45, 2.75) is 57.9 Å². The number of imide groups is 1. The van der Waals surface area contributed by atoms with Gasteiger partial charge in [-0.05, 0) is 122 Å². The fourth-order valence-corrected chi connectivity index (χ4v) is 10.7. The van der Waals surface area contributed by atoms with Crippen molar-refractivity contribution < 1.29 is 42.6 Å². The molecule has 4 aromatic carbocycles. The summed E-state index contributed by atoms with van der Waals surface area (Å²) in [6, 6.07) is 26.9. The van der Waals surface area contributed by atoms with E-state index in [4.69, 9.17) is 10.1 Å². The number of hydrogen-bond acceptors (Lipinski definition) is 13. The fraction of sp³-hybridized carbons (Fsp3) is 0.321. The average Bonchev–Trinajstić information content (AvgIpc) is 3.77. The van der Waals surface area contributed by atoms with Gasteiger partial charge in [-0.3, -0.25) is 34.7 Å². The predicted octanol–water partition coefficient (Wildman–Crippen LogP) is 8.40. The van der Waals surface area contributed by atoms with Crippen LogP contribution in [0.5, 0.6) is 5.75 Å². The molecule has 0 saturated carbocycles. The van der Waals surface area contributed by atoms with E-state index >= 15 is 8.78 Å². The number of rotatable bonds is 16. The molecule has 9 rings (SSSR count). The van der Waals surface area contributed by atoms with Crippen molar-refractivity contribution in [2.75, 3.05) is 60.7 Å². The first-order valence-corrected chi connectivity index (χ1v) is 24.6. The van der Waals surface area contributed by atoms with E-state index in [1.54, 1.807) is 61.6 Å². The Morgan fingerprint density at radius 3 is 2.53 bits per heavy atom. The summed E-state index contributed by atoms with van der Waals surface area (Å²) in [5, 5.41) is 30.5. The molecule has 2 fully saturated rings. The normalized spacial score (nSPS) is 17.7. The lowest BCUT2D eigenvalue weighted by molar-refractivity contribution is -0.134. The molecule has 0 radical (unpaired) electrons. The van der Waals surface area contributed by atoms with Crippen LogP contribution in [0.4, 0.5) is 31.1 Å². The number of para-hydroxylation sites is 1. The van der Waals surface area contributed by atoms with Gasteiger partial charge in [0.05, 0.1) is 41.5 Å². The molecule has 3 aliphatic heterocycles. The number of ether oxygens (including phenoxy) is 1. The molecule has 2 unspecified atom stereocenters. The van der Waals surface area contributed by atoms with Gasteiger partial charge in [0.25, 0.3) is 11.8 Å². The van der Waals surface area contributed by atoms with E-state index in [0.717, 1.165) is 21.3 Å². The largest absolute Gasteiger partial charge is 0.493 e. The van der Waals surface area contributed by atoms with Crippen LogP contribution in [-0.4, -0.2) is 101 Å². The Labute approximate surface area is 417 Å². The Morgan fingerprint density at radius 1 is 0.931 bits per heavy atom. The van der Waals surface area contributed by atoms with Gasteiger partial charge < -0.3 is 30.8 Å². The number of aromatic carboxylic acids is 1. The Kier molecular flexibility index (Phi) is 14.4. The van der Waals surface area contributed by atoms with Gasteiger partial charge in [0.2, 0.25) is 17.7 Å². The summed E-state index contributed by atoms with van der Waals surface area (Å²) >= 11 is 1.40. The molecule has 0 bridgehead atoms. The zero-order valence-corrected chi connectivity index (χ0v) is 40.5.